The van der Waals surface area contributed by atoms with E-state index in [-0.39, 0.29) is 5.75 Å². The predicted octanol–water partition coefficient (Wildman–Crippen LogP) is 5.99. The Morgan fingerprint density at radius 3 is 2.48 bits per heavy atom. The number of aromatic nitrogens is 2. The Hall–Kier alpha value is -3.47. The second-order valence-corrected chi connectivity index (χ2v) is 6.41. The minimum Gasteiger partial charge on any atom is -0.504 e. The standard InChI is InChI=1S/C22H20N4O/c1-3-16-10-12-17(13-11-16)20-22(25-24-18-8-5-4-7-15(18)2)26-14-6-9-19(27)21(26)23-20/h4-14,27H,3H2,1-2H3. The molecule has 0 atom stereocenters. The molecule has 5 heteroatoms. The van der Waals surface area contributed by atoms with Crippen molar-refractivity contribution in [2.45, 2.75) is 20.3 Å². The van der Waals surface area contributed by atoms with Crippen LogP contribution in [0.2, 0.25) is 0 Å². The lowest BCUT2D eigenvalue weighted by molar-refractivity contribution is 0.477. The van der Waals surface area contributed by atoms with Crippen LogP contribution in [0.3, 0.4) is 0 Å². The van der Waals surface area contributed by atoms with Crippen LogP contribution >= 0.6 is 0 Å². The second kappa shape index (κ2) is 7.03. The summed E-state index contributed by atoms with van der Waals surface area (Å²) < 4.78 is 1.76. The van der Waals surface area contributed by atoms with Gasteiger partial charge in [0.25, 0.3) is 0 Å². The molecule has 134 valence electrons. The van der Waals surface area contributed by atoms with Crippen LogP contribution in [0.15, 0.2) is 77.1 Å². The van der Waals surface area contributed by atoms with Gasteiger partial charge in [-0.2, -0.15) is 0 Å². The molecule has 5 nitrogen and oxygen atoms in total. The van der Waals surface area contributed by atoms with Crippen LogP contribution in [0.4, 0.5) is 11.5 Å². The van der Waals surface area contributed by atoms with Gasteiger partial charge < -0.3 is 5.11 Å². The number of rotatable bonds is 4. The topological polar surface area (TPSA) is 62.2 Å². The maximum Gasteiger partial charge on any atom is 0.187 e. The molecule has 0 unspecified atom stereocenters. The molecule has 0 spiro atoms. The van der Waals surface area contributed by atoms with Crippen molar-refractivity contribution >= 4 is 17.2 Å². The monoisotopic (exact) mass is 356 g/mol. The molecule has 2 aromatic heterocycles. The number of azo groups is 1. The minimum absolute atomic E-state index is 0.112. The van der Waals surface area contributed by atoms with Crippen molar-refractivity contribution in [1.29, 1.82) is 0 Å². The number of imidazole rings is 1. The third-order valence-electron chi connectivity index (χ3n) is 4.61. The fourth-order valence-electron chi connectivity index (χ4n) is 3.01. The fourth-order valence-corrected chi connectivity index (χ4v) is 3.01. The van der Waals surface area contributed by atoms with Gasteiger partial charge >= 0.3 is 0 Å². The lowest BCUT2D eigenvalue weighted by Gasteiger charge is -2.02. The van der Waals surface area contributed by atoms with Gasteiger partial charge in [0.15, 0.2) is 17.2 Å². The molecule has 0 fully saturated rings. The first-order chi connectivity index (χ1) is 13.2. The van der Waals surface area contributed by atoms with Crippen LogP contribution < -0.4 is 0 Å². The van der Waals surface area contributed by atoms with Crippen molar-refractivity contribution in [3.63, 3.8) is 0 Å². The van der Waals surface area contributed by atoms with E-state index in [9.17, 15) is 5.11 Å². The highest BCUT2D eigenvalue weighted by molar-refractivity contribution is 5.76. The van der Waals surface area contributed by atoms with E-state index in [4.69, 9.17) is 0 Å². The number of nitrogens with zero attached hydrogens (tertiary/aromatic N) is 4. The largest absolute Gasteiger partial charge is 0.504 e. The summed E-state index contributed by atoms with van der Waals surface area (Å²) in [5.41, 5.74) is 5.21. The molecule has 0 saturated heterocycles. The first-order valence-corrected chi connectivity index (χ1v) is 8.94. The number of fused-ring (bicyclic) bond motifs is 1. The van der Waals surface area contributed by atoms with E-state index < -0.39 is 0 Å². The molecule has 2 heterocycles. The number of hydrogen-bond acceptors (Lipinski definition) is 4. The maximum absolute atomic E-state index is 10.2. The summed E-state index contributed by atoms with van der Waals surface area (Å²) in [7, 11) is 0. The molecule has 0 aliphatic rings. The van der Waals surface area contributed by atoms with Gasteiger partial charge in [-0.05, 0) is 42.7 Å². The molecule has 0 saturated carbocycles. The quantitative estimate of drug-likeness (QED) is 0.456. The van der Waals surface area contributed by atoms with Gasteiger partial charge in [-0.15, -0.1) is 10.2 Å². The lowest BCUT2D eigenvalue weighted by atomic mass is 10.1. The zero-order chi connectivity index (χ0) is 18.8. The number of aromatic hydroxyl groups is 1. The molecular weight excluding hydrogens is 336 g/mol. The van der Waals surface area contributed by atoms with Crippen molar-refractivity contribution in [3.05, 3.63) is 78.0 Å². The first-order valence-electron chi connectivity index (χ1n) is 8.94. The smallest absolute Gasteiger partial charge is 0.187 e. The minimum atomic E-state index is 0.112. The van der Waals surface area contributed by atoms with Crippen molar-refractivity contribution in [2.75, 3.05) is 0 Å². The summed E-state index contributed by atoms with van der Waals surface area (Å²) in [6.07, 6.45) is 2.81. The first kappa shape index (κ1) is 17.0. The molecule has 0 aliphatic carbocycles. The summed E-state index contributed by atoms with van der Waals surface area (Å²) in [5.74, 6) is 0.703. The van der Waals surface area contributed by atoms with Gasteiger partial charge in [-0.3, -0.25) is 4.40 Å². The molecule has 0 amide bonds. The van der Waals surface area contributed by atoms with Gasteiger partial charge in [-0.1, -0.05) is 49.4 Å². The summed E-state index contributed by atoms with van der Waals surface area (Å²) >= 11 is 0. The van der Waals surface area contributed by atoms with Crippen LogP contribution in [0, 0.1) is 6.92 Å². The highest BCUT2D eigenvalue weighted by atomic mass is 16.3. The average Bonchev–Trinajstić information content (AvgIpc) is 3.07. The van der Waals surface area contributed by atoms with Crippen molar-refractivity contribution in [1.82, 2.24) is 9.38 Å². The molecule has 4 aromatic rings. The van der Waals surface area contributed by atoms with Crippen LogP contribution in [0.5, 0.6) is 5.75 Å². The third kappa shape index (κ3) is 3.19. The number of hydrogen-bond donors (Lipinski definition) is 1. The van der Waals surface area contributed by atoms with E-state index in [0.29, 0.717) is 17.2 Å². The molecular formula is C22H20N4O. The maximum atomic E-state index is 10.2. The SMILES string of the molecule is CCc1ccc(-c2nc3c(O)cccn3c2N=Nc2ccccc2C)cc1. The molecule has 0 radical (unpaired) electrons. The Morgan fingerprint density at radius 1 is 0.963 bits per heavy atom. The van der Waals surface area contributed by atoms with Crippen LogP contribution in [-0.2, 0) is 6.42 Å². The van der Waals surface area contributed by atoms with Gasteiger partial charge in [0.1, 0.15) is 5.69 Å². The van der Waals surface area contributed by atoms with Gasteiger partial charge in [-0.25, -0.2) is 4.98 Å². The Kier molecular flexibility index (Phi) is 4.42. The highest BCUT2D eigenvalue weighted by Crippen LogP contribution is 2.35. The normalized spacial score (nSPS) is 11.5. The van der Waals surface area contributed by atoms with Gasteiger partial charge in [0.2, 0.25) is 0 Å². The molecule has 0 bridgehead atoms. The van der Waals surface area contributed by atoms with Crippen LogP contribution in [0.25, 0.3) is 16.9 Å². The van der Waals surface area contributed by atoms with Gasteiger partial charge in [0, 0.05) is 11.8 Å². The van der Waals surface area contributed by atoms with E-state index in [1.54, 1.807) is 16.5 Å². The predicted molar refractivity (Wildman–Crippen MR) is 107 cm³/mol. The Balaban J connectivity index is 1.89. The zero-order valence-electron chi connectivity index (χ0n) is 15.3. The highest BCUT2D eigenvalue weighted by Gasteiger charge is 2.16. The summed E-state index contributed by atoms with van der Waals surface area (Å²) in [5, 5.41) is 19.1. The molecule has 27 heavy (non-hydrogen) atoms. The second-order valence-electron chi connectivity index (χ2n) is 6.41. The fraction of sp³-hybridized carbons (Fsp3) is 0.136. The Bertz CT molecular complexity index is 1130. The summed E-state index contributed by atoms with van der Waals surface area (Å²) in [6, 6.07) is 19.5. The molecule has 0 aliphatic heterocycles. The van der Waals surface area contributed by atoms with Crippen molar-refractivity contribution in [3.8, 4) is 17.0 Å². The molecule has 2 aromatic carbocycles. The molecule has 4 rings (SSSR count). The van der Waals surface area contributed by atoms with Crippen LogP contribution in [0.1, 0.15) is 18.1 Å². The summed E-state index contributed by atoms with van der Waals surface area (Å²) in [4.78, 5) is 4.63. The Labute approximate surface area is 157 Å². The van der Waals surface area contributed by atoms with E-state index in [1.165, 1.54) is 5.56 Å². The number of benzene rings is 2. The lowest BCUT2D eigenvalue weighted by Crippen LogP contribution is -1.83. The van der Waals surface area contributed by atoms with E-state index in [0.717, 1.165) is 23.2 Å². The number of pyridine rings is 1. The van der Waals surface area contributed by atoms with E-state index in [1.807, 2.05) is 49.5 Å². The summed E-state index contributed by atoms with van der Waals surface area (Å²) in [6.45, 7) is 4.12. The average molecular weight is 356 g/mol. The van der Waals surface area contributed by atoms with Gasteiger partial charge in [0.05, 0.1) is 5.69 Å². The Morgan fingerprint density at radius 2 is 1.74 bits per heavy atom. The van der Waals surface area contributed by atoms with Crippen LogP contribution in [-0.4, -0.2) is 14.5 Å². The zero-order valence-corrected chi connectivity index (χ0v) is 15.3. The number of aryl methyl sites for hydroxylation is 2. The van der Waals surface area contributed by atoms with Crippen molar-refractivity contribution < 1.29 is 5.11 Å². The van der Waals surface area contributed by atoms with Crippen molar-refractivity contribution in [2.24, 2.45) is 10.2 Å². The third-order valence-corrected chi connectivity index (χ3v) is 4.61. The molecule has 1 N–H and O–H groups in total. The van der Waals surface area contributed by atoms with E-state index >= 15 is 0 Å². The van der Waals surface area contributed by atoms with E-state index in [2.05, 4.69) is 34.3 Å².